The van der Waals surface area contributed by atoms with Gasteiger partial charge in [-0.25, -0.2) is 4.39 Å². The second kappa shape index (κ2) is 6.50. The topological polar surface area (TPSA) is 58.2 Å². The van der Waals surface area contributed by atoms with Crippen LogP contribution in [0.25, 0.3) is 0 Å². The minimum absolute atomic E-state index is 0.283. The molecular formula is C17H17FN2O2S. The number of halogens is 1. The van der Waals surface area contributed by atoms with Crippen molar-refractivity contribution in [2.24, 2.45) is 5.92 Å². The lowest BCUT2D eigenvalue weighted by Gasteiger charge is -2.16. The molecule has 6 heteroatoms. The normalized spacial score (nSPS) is 16.5. The summed E-state index contributed by atoms with van der Waals surface area (Å²) in [6.07, 6.45) is 3.16. The smallest absolute Gasteiger partial charge is 0.267 e. The zero-order valence-corrected chi connectivity index (χ0v) is 13.5. The first-order valence-electron chi connectivity index (χ1n) is 7.51. The fourth-order valence-corrected chi connectivity index (χ4v) is 3.77. The third kappa shape index (κ3) is 3.59. The number of rotatable bonds is 2. The van der Waals surface area contributed by atoms with E-state index in [0.29, 0.717) is 10.8 Å². The van der Waals surface area contributed by atoms with Crippen molar-refractivity contribution >= 4 is 23.2 Å². The summed E-state index contributed by atoms with van der Waals surface area (Å²) in [5, 5.41) is 0. The maximum absolute atomic E-state index is 12.8. The molecule has 3 rings (SSSR count). The molecule has 2 N–H and O–H groups in total. The lowest BCUT2D eigenvalue weighted by Crippen LogP contribution is -2.41. The number of hydrogen-bond donors (Lipinski definition) is 2. The number of hydrazine groups is 1. The van der Waals surface area contributed by atoms with E-state index in [0.717, 1.165) is 19.3 Å². The van der Waals surface area contributed by atoms with Gasteiger partial charge >= 0.3 is 0 Å². The molecule has 0 radical (unpaired) electrons. The Balaban J connectivity index is 1.61. The molecule has 1 atom stereocenters. The van der Waals surface area contributed by atoms with Gasteiger partial charge in [0, 0.05) is 10.4 Å². The van der Waals surface area contributed by atoms with E-state index in [1.54, 1.807) is 0 Å². The van der Waals surface area contributed by atoms with Crippen molar-refractivity contribution in [1.29, 1.82) is 0 Å². The molecule has 1 aliphatic rings. The number of amides is 2. The zero-order valence-electron chi connectivity index (χ0n) is 12.7. The van der Waals surface area contributed by atoms with Gasteiger partial charge in [0.25, 0.3) is 11.8 Å². The van der Waals surface area contributed by atoms with Crippen LogP contribution in [0.2, 0.25) is 0 Å². The molecule has 0 spiro atoms. The molecular weight excluding hydrogens is 315 g/mol. The first-order valence-corrected chi connectivity index (χ1v) is 8.32. The number of hydrogen-bond acceptors (Lipinski definition) is 3. The summed E-state index contributed by atoms with van der Waals surface area (Å²) >= 11 is 1.48. The molecule has 0 bridgehead atoms. The van der Waals surface area contributed by atoms with E-state index in [2.05, 4.69) is 17.8 Å². The van der Waals surface area contributed by atoms with E-state index < -0.39 is 11.7 Å². The molecule has 4 nitrogen and oxygen atoms in total. The van der Waals surface area contributed by atoms with Crippen LogP contribution in [0, 0.1) is 11.7 Å². The fourth-order valence-electron chi connectivity index (χ4n) is 2.67. The van der Waals surface area contributed by atoms with Gasteiger partial charge in [-0.3, -0.25) is 20.4 Å². The molecule has 0 saturated carbocycles. The second-order valence-electron chi connectivity index (χ2n) is 5.82. The van der Waals surface area contributed by atoms with Crippen molar-refractivity contribution in [2.75, 3.05) is 0 Å². The first kappa shape index (κ1) is 15.7. The number of nitrogens with one attached hydrogen (secondary N) is 2. The number of fused-ring (bicyclic) bond motifs is 1. The summed E-state index contributed by atoms with van der Waals surface area (Å²) in [6.45, 7) is 2.21. The van der Waals surface area contributed by atoms with Crippen molar-refractivity contribution in [2.45, 2.75) is 26.2 Å². The molecule has 1 aliphatic carbocycles. The van der Waals surface area contributed by atoms with Gasteiger partial charge in [-0.15, -0.1) is 11.3 Å². The van der Waals surface area contributed by atoms with Crippen LogP contribution in [0.4, 0.5) is 4.39 Å². The van der Waals surface area contributed by atoms with E-state index in [1.807, 2.05) is 6.07 Å². The molecule has 23 heavy (non-hydrogen) atoms. The van der Waals surface area contributed by atoms with Crippen LogP contribution >= 0.6 is 11.3 Å². The van der Waals surface area contributed by atoms with Crippen LogP contribution in [0.3, 0.4) is 0 Å². The molecule has 2 aromatic rings. The minimum Gasteiger partial charge on any atom is -0.267 e. The number of aryl methyl sites for hydroxylation is 1. The monoisotopic (exact) mass is 332 g/mol. The maximum Gasteiger partial charge on any atom is 0.279 e. The molecule has 0 unspecified atom stereocenters. The molecule has 2 amide bonds. The Bertz CT molecular complexity index is 740. The summed E-state index contributed by atoms with van der Waals surface area (Å²) in [6, 6.07) is 7.04. The lowest BCUT2D eigenvalue weighted by molar-refractivity contribution is 0.0849. The first-order chi connectivity index (χ1) is 11.0. The zero-order chi connectivity index (χ0) is 16.4. The number of carbonyl (C=O) groups excluding carboxylic acids is 2. The van der Waals surface area contributed by atoms with Crippen LogP contribution in [0.1, 0.15) is 43.8 Å². The summed E-state index contributed by atoms with van der Waals surface area (Å²) in [7, 11) is 0. The highest BCUT2D eigenvalue weighted by atomic mass is 32.1. The summed E-state index contributed by atoms with van der Waals surface area (Å²) in [5.41, 5.74) is 6.28. The van der Waals surface area contributed by atoms with Gasteiger partial charge in [0.05, 0.1) is 4.88 Å². The van der Waals surface area contributed by atoms with E-state index >= 15 is 0 Å². The van der Waals surface area contributed by atoms with Gasteiger partial charge in [-0.2, -0.15) is 0 Å². The van der Waals surface area contributed by atoms with E-state index in [1.165, 1.54) is 46.0 Å². The summed E-state index contributed by atoms with van der Waals surface area (Å²) in [4.78, 5) is 25.9. The van der Waals surface area contributed by atoms with Crippen LogP contribution in [-0.2, 0) is 12.8 Å². The lowest BCUT2D eigenvalue weighted by atomic mass is 9.90. The highest BCUT2D eigenvalue weighted by Gasteiger charge is 2.20. The van der Waals surface area contributed by atoms with E-state index in [9.17, 15) is 14.0 Å². The van der Waals surface area contributed by atoms with Crippen molar-refractivity contribution in [1.82, 2.24) is 10.9 Å². The van der Waals surface area contributed by atoms with E-state index in [-0.39, 0.29) is 11.5 Å². The quantitative estimate of drug-likeness (QED) is 0.830. The number of benzene rings is 1. The van der Waals surface area contributed by atoms with Crippen LogP contribution in [0.15, 0.2) is 30.3 Å². The highest BCUT2D eigenvalue weighted by molar-refractivity contribution is 7.14. The Kier molecular flexibility index (Phi) is 4.43. The van der Waals surface area contributed by atoms with Crippen molar-refractivity contribution in [3.05, 3.63) is 57.0 Å². The molecule has 0 fully saturated rings. The Morgan fingerprint density at radius 2 is 1.87 bits per heavy atom. The predicted molar refractivity (Wildman–Crippen MR) is 86.8 cm³/mol. The third-order valence-corrected chi connectivity index (χ3v) is 5.18. The van der Waals surface area contributed by atoms with Crippen molar-refractivity contribution in [3.63, 3.8) is 0 Å². The Morgan fingerprint density at radius 1 is 1.17 bits per heavy atom. The summed E-state index contributed by atoms with van der Waals surface area (Å²) in [5.74, 6) is -0.573. The van der Waals surface area contributed by atoms with Gasteiger partial charge in [0.2, 0.25) is 0 Å². The van der Waals surface area contributed by atoms with Gasteiger partial charge in [-0.1, -0.05) is 6.92 Å². The number of carbonyl (C=O) groups is 2. The predicted octanol–water partition coefficient (Wildman–Crippen LogP) is 3.09. The molecule has 1 aromatic carbocycles. The molecule has 1 heterocycles. The molecule has 1 aromatic heterocycles. The fraction of sp³-hybridized carbons (Fsp3) is 0.294. The highest BCUT2D eigenvalue weighted by Crippen LogP contribution is 2.32. The van der Waals surface area contributed by atoms with Crippen molar-refractivity contribution < 1.29 is 14.0 Å². The maximum atomic E-state index is 12.8. The largest absolute Gasteiger partial charge is 0.279 e. The molecule has 0 saturated heterocycles. The van der Waals surface area contributed by atoms with Crippen LogP contribution in [0.5, 0.6) is 0 Å². The standard InChI is InChI=1S/C17H17FN2O2S/c1-10-2-7-14-12(8-10)9-15(23-14)17(22)20-19-16(21)11-3-5-13(18)6-4-11/h3-6,9-10H,2,7-8H2,1H3,(H,19,21)(H,20,22)/t10-/m0/s1. The van der Waals surface area contributed by atoms with Crippen molar-refractivity contribution in [3.8, 4) is 0 Å². The minimum atomic E-state index is -0.478. The van der Waals surface area contributed by atoms with Crippen LogP contribution < -0.4 is 10.9 Å². The van der Waals surface area contributed by atoms with E-state index in [4.69, 9.17) is 0 Å². The SMILES string of the molecule is C[C@H]1CCc2sc(C(=O)NNC(=O)c3ccc(F)cc3)cc2C1. The second-order valence-corrected chi connectivity index (χ2v) is 6.96. The van der Waals surface area contributed by atoms with Gasteiger partial charge in [0.15, 0.2) is 0 Å². The van der Waals surface area contributed by atoms with Gasteiger partial charge in [-0.05, 0) is 61.1 Å². The van der Waals surface area contributed by atoms with Gasteiger partial charge < -0.3 is 0 Å². The Hall–Kier alpha value is -2.21. The molecule has 0 aliphatic heterocycles. The van der Waals surface area contributed by atoms with Crippen LogP contribution in [-0.4, -0.2) is 11.8 Å². The average molecular weight is 332 g/mol. The number of thiophene rings is 1. The third-order valence-electron chi connectivity index (χ3n) is 3.95. The average Bonchev–Trinajstić information content (AvgIpc) is 2.96. The Labute approximate surface area is 137 Å². The molecule has 120 valence electrons. The Morgan fingerprint density at radius 3 is 2.61 bits per heavy atom. The summed E-state index contributed by atoms with van der Waals surface area (Å²) < 4.78 is 12.8. The van der Waals surface area contributed by atoms with Gasteiger partial charge in [0.1, 0.15) is 5.82 Å².